The molecule has 0 aliphatic rings. The van der Waals surface area contributed by atoms with Crippen molar-refractivity contribution in [3.05, 3.63) is 39.4 Å². The van der Waals surface area contributed by atoms with Gasteiger partial charge in [-0.25, -0.2) is 9.66 Å². The predicted molar refractivity (Wildman–Crippen MR) is 102 cm³/mol. The third kappa shape index (κ3) is 4.69. The molecule has 1 amide bonds. The maximum Gasteiger partial charge on any atom is 0.453 e. The van der Waals surface area contributed by atoms with E-state index in [0.29, 0.717) is 37.3 Å². The number of anilines is 1. The molecule has 0 atom stereocenters. The van der Waals surface area contributed by atoms with Crippen molar-refractivity contribution in [2.45, 2.75) is 11.3 Å². The number of amides is 1. The number of hydrogen-bond donors (Lipinski definition) is 2. The van der Waals surface area contributed by atoms with Gasteiger partial charge in [-0.05, 0) is 12.1 Å². The van der Waals surface area contributed by atoms with Crippen LogP contribution in [-0.2, 0) is 11.0 Å². The fourth-order valence-electron chi connectivity index (χ4n) is 1.97. The van der Waals surface area contributed by atoms with E-state index in [4.69, 9.17) is 29.0 Å². The smallest absolute Gasteiger partial charge is 0.335 e. The molecule has 0 saturated heterocycles. The molecule has 3 aromatic rings. The Kier molecular flexibility index (Phi) is 6.03. The minimum Gasteiger partial charge on any atom is -0.335 e. The van der Waals surface area contributed by atoms with Crippen LogP contribution in [0, 0.1) is 0 Å². The van der Waals surface area contributed by atoms with E-state index in [9.17, 15) is 18.0 Å². The molecule has 28 heavy (non-hydrogen) atoms. The standard InChI is InChI=1S/C14H9Cl2F3N6OS2/c15-7-2-1-6(3-8(7)16)9-4-27-12(21-9)22-10(26)5-28-13-24-23-11(25(13)20)14(17,18)19/h1-4H,5,20H2,(H,21,22,26). The van der Waals surface area contributed by atoms with Gasteiger partial charge in [0, 0.05) is 10.9 Å². The monoisotopic (exact) mass is 468 g/mol. The van der Waals surface area contributed by atoms with Crippen LogP contribution in [-0.4, -0.2) is 31.5 Å². The van der Waals surface area contributed by atoms with Crippen LogP contribution in [0.15, 0.2) is 28.7 Å². The Bertz CT molecular complexity index is 1020. The molecule has 14 heteroatoms. The molecule has 3 N–H and O–H groups in total. The fraction of sp³-hybridized carbons (Fsp3) is 0.143. The third-order valence-electron chi connectivity index (χ3n) is 3.22. The van der Waals surface area contributed by atoms with Crippen molar-refractivity contribution in [3.8, 4) is 11.3 Å². The third-order valence-corrected chi connectivity index (χ3v) is 5.66. The molecule has 0 bridgehead atoms. The summed E-state index contributed by atoms with van der Waals surface area (Å²) in [5, 5.41) is 11.4. The fourth-order valence-corrected chi connectivity index (χ4v) is 3.66. The van der Waals surface area contributed by atoms with Crippen molar-refractivity contribution in [3.63, 3.8) is 0 Å². The zero-order chi connectivity index (χ0) is 20.5. The number of hydrogen-bond acceptors (Lipinski definition) is 7. The Labute approximate surface area is 174 Å². The van der Waals surface area contributed by atoms with Gasteiger partial charge in [0.25, 0.3) is 5.82 Å². The molecular formula is C14H9Cl2F3N6OS2. The first kappa shape index (κ1) is 20.7. The summed E-state index contributed by atoms with van der Waals surface area (Å²) in [5.74, 6) is 3.25. The van der Waals surface area contributed by atoms with Crippen LogP contribution >= 0.6 is 46.3 Å². The van der Waals surface area contributed by atoms with Crippen molar-refractivity contribution in [1.82, 2.24) is 19.9 Å². The Morgan fingerprint density at radius 3 is 2.68 bits per heavy atom. The molecule has 1 aromatic carbocycles. The van der Waals surface area contributed by atoms with Crippen LogP contribution in [0.25, 0.3) is 11.3 Å². The van der Waals surface area contributed by atoms with Crippen LogP contribution in [0.5, 0.6) is 0 Å². The van der Waals surface area contributed by atoms with E-state index in [0.717, 1.165) is 5.56 Å². The minimum absolute atomic E-state index is 0.227. The van der Waals surface area contributed by atoms with Gasteiger partial charge in [-0.2, -0.15) is 13.2 Å². The largest absolute Gasteiger partial charge is 0.453 e. The first-order chi connectivity index (χ1) is 13.1. The second-order valence-corrected chi connectivity index (χ2v) is 7.79. The summed E-state index contributed by atoms with van der Waals surface area (Å²) in [6.45, 7) is 0. The lowest BCUT2D eigenvalue weighted by Gasteiger charge is -2.05. The number of alkyl halides is 3. The van der Waals surface area contributed by atoms with Gasteiger partial charge in [0.1, 0.15) is 0 Å². The molecule has 0 radical (unpaired) electrons. The van der Waals surface area contributed by atoms with Crippen LogP contribution < -0.4 is 11.2 Å². The number of rotatable bonds is 5. The molecule has 2 heterocycles. The lowest BCUT2D eigenvalue weighted by Crippen LogP contribution is -2.22. The highest BCUT2D eigenvalue weighted by Crippen LogP contribution is 2.31. The number of nitrogens with two attached hydrogens (primary N) is 1. The topological polar surface area (TPSA) is 98.7 Å². The molecule has 3 rings (SSSR count). The number of thiazole rings is 1. The Morgan fingerprint density at radius 1 is 1.29 bits per heavy atom. The number of nitrogens with zero attached hydrogens (tertiary/aromatic N) is 4. The van der Waals surface area contributed by atoms with E-state index in [1.807, 2.05) is 0 Å². The van der Waals surface area contributed by atoms with Crippen LogP contribution in [0.4, 0.5) is 18.3 Å². The van der Waals surface area contributed by atoms with E-state index >= 15 is 0 Å². The highest BCUT2D eigenvalue weighted by Gasteiger charge is 2.38. The van der Waals surface area contributed by atoms with Crippen molar-refractivity contribution >= 4 is 57.3 Å². The number of carbonyl (C=O) groups excluding carboxylic acids is 1. The summed E-state index contributed by atoms with van der Waals surface area (Å²) in [7, 11) is 0. The maximum absolute atomic E-state index is 12.6. The molecular weight excluding hydrogens is 460 g/mol. The van der Waals surface area contributed by atoms with Crippen molar-refractivity contribution in [2.75, 3.05) is 16.9 Å². The zero-order valence-corrected chi connectivity index (χ0v) is 16.6. The molecule has 0 aliphatic carbocycles. The van der Waals surface area contributed by atoms with Gasteiger partial charge in [-0.1, -0.05) is 41.0 Å². The highest BCUT2D eigenvalue weighted by molar-refractivity contribution is 7.99. The summed E-state index contributed by atoms with van der Waals surface area (Å²) in [4.78, 5) is 16.3. The van der Waals surface area contributed by atoms with Crippen molar-refractivity contribution in [2.24, 2.45) is 0 Å². The van der Waals surface area contributed by atoms with Gasteiger partial charge >= 0.3 is 6.18 Å². The van der Waals surface area contributed by atoms with Crippen LogP contribution in [0.3, 0.4) is 0 Å². The first-order valence-electron chi connectivity index (χ1n) is 7.26. The molecule has 2 aromatic heterocycles. The summed E-state index contributed by atoms with van der Waals surface area (Å²) in [5.41, 5.74) is 1.31. The maximum atomic E-state index is 12.6. The molecule has 0 aliphatic heterocycles. The normalized spacial score (nSPS) is 11.6. The number of halogens is 5. The minimum atomic E-state index is -4.73. The van der Waals surface area contributed by atoms with Gasteiger partial charge in [-0.15, -0.1) is 21.5 Å². The van der Waals surface area contributed by atoms with E-state index in [2.05, 4.69) is 20.5 Å². The van der Waals surface area contributed by atoms with Crippen molar-refractivity contribution in [1.29, 1.82) is 0 Å². The van der Waals surface area contributed by atoms with Gasteiger partial charge < -0.3 is 11.2 Å². The summed E-state index contributed by atoms with van der Waals surface area (Å²) < 4.78 is 38.2. The predicted octanol–water partition coefficient (Wildman–Crippen LogP) is 4.17. The summed E-state index contributed by atoms with van der Waals surface area (Å²) >= 11 is 13.7. The number of nitrogens with one attached hydrogen (secondary N) is 1. The first-order valence-corrected chi connectivity index (χ1v) is 9.88. The Hall–Kier alpha value is -2.02. The summed E-state index contributed by atoms with van der Waals surface area (Å²) in [6, 6.07) is 5.01. The molecule has 0 fully saturated rings. The van der Waals surface area contributed by atoms with E-state index in [1.54, 1.807) is 23.6 Å². The second-order valence-electron chi connectivity index (χ2n) is 5.18. The lowest BCUT2D eigenvalue weighted by atomic mass is 10.2. The molecule has 0 spiro atoms. The van der Waals surface area contributed by atoms with Gasteiger partial charge in [-0.3, -0.25) is 4.79 Å². The number of aromatic nitrogens is 4. The molecule has 148 valence electrons. The molecule has 7 nitrogen and oxygen atoms in total. The summed E-state index contributed by atoms with van der Waals surface area (Å²) in [6.07, 6.45) is -4.73. The van der Waals surface area contributed by atoms with Crippen LogP contribution in [0.1, 0.15) is 5.82 Å². The molecule has 0 saturated carbocycles. The highest BCUT2D eigenvalue weighted by atomic mass is 35.5. The van der Waals surface area contributed by atoms with E-state index in [1.165, 1.54) is 11.3 Å². The number of carbonyl (C=O) groups is 1. The average molecular weight is 469 g/mol. The van der Waals surface area contributed by atoms with Gasteiger partial charge in [0.05, 0.1) is 21.5 Å². The average Bonchev–Trinajstić information content (AvgIpc) is 3.22. The van der Waals surface area contributed by atoms with Crippen LogP contribution in [0.2, 0.25) is 10.0 Å². The van der Waals surface area contributed by atoms with Gasteiger partial charge in [0.15, 0.2) is 5.13 Å². The van der Waals surface area contributed by atoms with Gasteiger partial charge in [0.2, 0.25) is 11.1 Å². The Balaban J connectivity index is 1.61. The van der Waals surface area contributed by atoms with E-state index in [-0.39, 0.29) is 10.9 Å². The van der Waals surface area contributed by atoms with E-state index < -0.39 is 17.9 Å². The number of nitrogen functional groups attached to an aromatic ring is 1. The lowest BCUT2D eigenvalue weighted by molar-refractivity contribution is -0.146. The van der Waals surface area contributed by atoms with Crippen molar-refractivity contribution < 1.29 is 18.0 Å². The SMILES string of the molecule is Nn1c(SCC(=O)Nc2nc(-c3ccc(Cl)c(Cl)c3)cs2)nnc1C(F)(F)F. The Morgan fingerprint density at radius 2 is 2.04 bits per heavy atom. The second kappa shape index (κ2) is 8.15. The molecule has 0 unspecified atom stereocenters. The number of thioether (sulfide) groups is 1. The zero-order valence-electron chi connectivity index (χ0n) is 13.5. The quantitative estimate of drug-likeness (QED) is 0.430. The number of benzene rings is 1.